The molecule has 1 fully saturated rings. The van der Waals surface area contributed by atoms with Gasteiger partial charge in [0.05, 0.1) is 5.69 Å². The van der Waals surface area contributed by atoms with E-state index in [-0.39, 0.29) is 12.5 Å². The molecule has 1 N–H and O–H groups in total. The van der Waals surface area contributed by atoms with Gasteiger partial charge in [0, 0.05) is 12.7 Å². The minimum atomic E-state index is -1.08. The summed E-state index contributed by atoms with van der Waals surface area (Å²) >= 11 is 0. The summed E-state index contributed by atoms with van der Waals surface area (Å²) in [6.45, 7) is 4.14. The number of carbonyl (C=O) groups excluding carboxylic acids is 1. The smallest absolute Gasteiger partial charge is 0.335 e. The van der Waals surface area contributed by atoms with E-state index in [1.165, 1.54) is 0 Å². The number of amides is 1. The molecule has 0 radical (unpaired) electrons. The summed E-state index contributed by atoms with van der Waals surface area (Å²) < 4.78 is 5.19. The largest absolute Gasteiger partial charge is 0.479 e. The normalized spacial score (nSPS) is 22.9. The molecule has 1 aromatic rings. The van der Waals surface area contributed by atoms with Crippen LogP contribution in [0.3, 0.4) is 0 Å². The molecule has 1 aliphatic heterocycles. The molecule has 0 saturated carbocycles. The van der Waals surface area contributed by atoms with E-state index >= 15 is 0 Å². The van der Waals surface area contributed by atoms with Crippen molar-refractivity contribution in [2.75, 3.05) is 13.2 Å². The molecule has 20 heavy (non-hydrogen) atoms. The van der Waals surface area contributed by atoms with Gasteiger partial charge >= 0.3 is 5.97 Å². The van der Waals surface area contributed by atoms with Gasteiger partial charge in [-0.15, -0.1) is 0 Å². The van der Waals surface area contributed by atoms with Gasteiger partial charge in [0.15, 0.2) is 6.10 Å². The Morgan fingerprint density at radius 2 is 2.30 bits per heavy atom. The zero-order chi connectivity index (χ0) is 14.7. The molecule has 0 aliphatic carbocycles. The Bertz CT molecular complexity index is 500. The Labute approximate surface area is 117 Å². The fourth-order valence-corrected chi connectivity index (χ4v) is 2.33. The maximum atomic E-state index is 12.0. The fourth-order valence-electron chi connectivity index (χ4n) is 2.33. The van der Waals surface area contributed by atoms with Crippen LogP contribution in [0.1, 0.15) is 30.6 Å². The molecule has 108 valence electrons. The number of carboxylic acid groups (broad SMARTS) is 1. The molecule has 1 aliphatic rings. The first-order chi connectivity index (χ1) is 9.54. The maximum absolute atomic E-state index is 12.0. The van der Waals surface area contributed by atoms with Gasteiger partial charge in [0.25, 0.3) is 0 Å². The third kappa shape index (κ3) is 2.80. The summed E-state index contributed by atoms with van der Waals surface area (Å²) in [6.07, 6.45) is 1.34. The number of carboxylic acids is 1. The number of rotatable bonds is 4. The fraction of sp³-hybridized carbons (Fsp3) is 0.500. The molecule has 2 rings (SSSR count). The van der Waals surface area contributed by atoms with Gasteiger partial charge in [-0.05, 0) is 25.0 Å². The van der Waals surface area contributed by atoms with Crippen molar-refractivity contribution >= 4 is 11.9 Å². The quantitative estimate of drug-likeness (QED) is 0.893. The number of carbonyl (C=O) groups is 2. The SMILES string of the molecule is CCCN1C(=O)COC(C(=O)O)C1c1ccc(C)cn1. The lowest BCUT2D eigenvalue weighted by Crippen LogP contribution is -2.52. The van der Waals surface area contributed by atoms with E-state index < -0.39 is 18.1 Å². The summed E-state index contributed by atoms with van der Waals surface area (Å²) in [5, 5.41) is 9.31. The highest BCUT2D eigenvalue weighted by molar-refractivity contribution is 5.82. The first kappa shape index (κ1) is 14.5. The second kappa shape index (κ2) is 6.00. The van der Waals surface area contributed by atoms with Crippen LogP contribution >= 0.6 is 0 Å². The van der Waals surface area contributed by atoms with Gasteiger partial charge in [0.1, 0.15) is 12.6 Å². The highest BCUT2D eigenvalue weighted by atomic mass is 16.5. The molecule has 2 unspecified atom stereocenters. The second-order valence-corrected chi connectivity index (χ2v) is 4.86. The highest BCUT2D eigenvalue weighted by Crippen LogP contribution is 2.29. The standard InChI is InChI=1S/C14H18N2O4/c1-3-6-16-11(17)8-20-13(14(18)19)12(16)10-5-4-9(2)7-15-10/h4-5,7,12-13H,3,6,8H2,1-2H3,(H,18,19). The Morgan fingerprint density at radius 1 is 1.55 bits per heavy atom. The van der Waals surface area contributed by atoms with Crippen LogP contribution in [-0.4, -0.2) is 46.1 Å². The molecule has 0 spiro atoms. The van der Waals surface area contributed by atoms with E-state index in [1.54, 1.807) is 17.2 Å². The van der Waals surface area contributed by atoms with Crippen molar-refractivity contribution in [3.63, 3.8) is 0 Å². The van der Waals surface area contributed by atoms with E-state index in [0.29, 0.717) is 12.2 Å². The van der Waals surface area contributed by atoms with Crippen LogP contribution in [0.5, 0.6) is 0 Å². The molecule has 2 atom stereocenters. The lowest BCUT2D eigenvalue weighted by atomic mass is 10.0. The molecule has 0 bridgehead atoms. The summed E-state index contributed by atoms with van der Waals surface area (Å²) in [4.78, 5) is 29.2. The Balaban J connectivity index is 2.39. The van der Waals surface area contributed by atoms with Crippen LogP contribution in [0.15, 0.2) is 18.3 Å². The first-order valence-electron chi connectivity index (χ1n) is 6.61. The van der Waals surface area contributed by atoms with Crippen molar-refractivity contribution in [2.24, 2.45) is 0 Å². The minimum Gasteiger partial charge on any atom is -0.479 e. The van der Waals surface area contributed by atoms with Crippen LogP contribution in [0.4, 0.5) is 0 Å². The van der Waals surface area contributed by atoms with Crippen molar-refractivity contribution < 1.29 is 19.4 Å². The van der Waals surface area contributed by atoms with Crippen molar-refractivity contribution in [2.45, 2.75) is 32.4 Å². The molecule has 1 saturated heterocycles. The number of hydrogen-bond acceptors (Lipinski definition) is 4. The van der Waals surface area contributed by atoms with Gasteiger partial charge < -0.3 is 14.7 Å². The van der Waals surface area contributed by atoms with E-state index in [9.17, 15) is 14.7 Å². The molecule has 6 nitrogen and oxygen atoms in total. The Hall–Kier alpha value is -1.95. The monoisotopic (exact) mass is 278 g/mol. The molecule has 6 heteroatoms. The van der Waals surface area contributed by atoms with Gasteiger partial charge in [-0.1, -0.05) is 13.0 Å². The maximum Gasteiger partial charge on any atom is 0.335 e. The average molecular weight is 278 g/mol. The number of aliphatic carboxylic acids is 1. The molecule has 0 aromatic carbocycles. The molecular formula is C14H18N2O4. The number of pyridine rings is 1. The number of aromatic nitrogens is 1. The third-order valence-electron chi connectivity index (χ3n) is 3.27. The molecule has 1 amide bonds. The lowest BCUT2D eigenvalue weighted by Gasteiger charge is -2.38. The third-order valence-corrected chi connectivity index (χ3v) is 3.27. The predicted molar refractivity (Wildman–Crippen MR) is 71.1 cm³/mol. The minimum absolute atomic E-state index is 0.195. The zero-order valence-corrected chi connectivity index (χ0v) is 11.6. The van der Waals surface area contributed by atoms with E-state index in [4.69, 9.17) is 4.74 Å². The van der Waals surface area contributed by atoms with Gasteiger partial charge in [-0.25, -0.2) is 4.79 Å². The van der Waals surface area contributed by atoms with E-state index in [1.807, 2.05) is 19.9 Å². The number of ether oxygens (including phenoxy) is 1. The van der Waals surface area contributed by atoms with Crippen LogP contribution < -0.4 is 0 Å². The average Bonchev–Trinajstić information content (AvgIpc) is 2.42. The van der Waals surface area contributed by atoms with Crippen molar-refractivity contribution in [3.05, 3.63) is 29.6 Å². The van der Waals surface area contributed by atoms with E-state index in [2.05, 4.69) is 4.98 Å². The number of aryl methyl sites for hydroxylation is 1. The Kier molecular flexibility index (Phi) is 4.34. The van der Waals surface area contributed by atoms with Gasteiger partial charge in [-0.3, -0.25) is 9.78 Å². The van der Waals surface area contributed by atoms with Crippen molar-refractivity contribution in [1.29, 1.82) is 0 Å². The predicted octanol–water partition coefficient (Wildman–Crippen LogP) is 1.15. The number of morpholine rings is 1. The van der Waals surface area contributed by atoms with Crippen LogP contribution in [0.2, 0.25) is 0 Å². The summed E-state index contributed by atoms with van der Waals surface area (Å²) in [6, 6.07) is 2.93. The van der Waals surface area contributed by atoms with Crippen molar-refractivity contribution in [1.82, 2.24) is 9.88 Å². The van der Waals surface area contributed by atoms with Crippen LogP contribution in [0.25, 0.3) is 0 Å². The number of hydrogen-bond donors (Lipinski definition) is 1. The van der Waals surface area contributed by atoms with Gasteiger partial charge in [-0.2, -0.15) is 0 Å². The summed E-state index contributed by atoms with van der Waals surface area (Å²) in [5.41, 5.74) is 1.52. The number of nitrogens with zero attached hydrogens (tertiary/aromatic N) is 2. The van der Waals surface area contributed by atoms with E-state index in [0.717, 1.165) is 12.0 Å². The summed E-state index contributed by atoms with van der Waals surface area (Å²) in [5.74, 6) is -1.28. The topological polar surface area (TPSA) is 79.7 Å². The first-order valence-corrected chi connectivity index (χ1v) is 6.61. The second-order valence-electron chi connectivity index (χ2n) is 4.86. The van der Waals surface area contributed by atoms with Crippen molar-refractivity contribution in [3.8, 4) is 0 Å². The lowest BCUT2D eigenvalue weighted by molar-refractivity contribution is -0.173. The zero-order valence-electron chi connectivity index (χ0n) is 11.6. The molecular weight excluding hydrogens is 260 g/mol. The molecule has 1 aromatic heterocycles. The van der Waals surface area contributed by atoms with Crippen LogP contribution in [-0.2, 0) is 14.3 Å². The molecule has 2 heterocycles. The van der Waals surface area contributed by atoms with Gasteiger partial charge in [0.2, 0.25) is 5.91 Å². The highest BCUT2D eigenvalue weighted by Gasteiger charge is 2.42. The Morgan fingerprint density at radius 3 is 2.85 bits per heavy atom. The van der Waals surface area contributed by atoms with Crippen LogP contribution in [0, 0.1) is 6.92 Å². The summed E-state index contributed by atoms with van der Waals surface area (Å²) in [7, 11) is 0.